The highest BCUT2D eigenvalue weighted by atomic mass is 19.1. The van der Waals surface area contributed by atoms with Crippen LogP contribution >= 0.6 is 0 Å². The Kier molecular flexibility index (Phi) is 4.68. The maximum atomic E-state index is 14.2. The zero-order valence-corrected chi connectivity index (χ0v) is 16.0. The van der Waals surface area contributed by atoms with Crippen molar-refractivity contribution in [2.24, 2.45) is 0 Å². The van der Waals surface area contributed by atoms with E-state index in [2.05, 4.69) is 44.3 Å². The molecule has 3 aromatic rings. The van der Waals surface area contributed by atoms with Crippen molar-refractivity contribution in [2.75, 3.05) is 23.3 Å². The van der Waals surface area contributed by atoms with Crippen LogP contribution in [0.3, 0.4) is 0 Å². The number of hydrogen-bond donors (Lipinski definition) is 2. The number of carbonyl (C=O) groups excluding carboxylic acids is 1. The number of amides is 1. The Morgan fingerprint density at radius 3 is 2.79 bits per heavy atom. The van der Waals surface area contributed by atoms with Crippen LogP contribution in [0.4, 0.5) is 16.0 Å². The normalized spacial score (nSPS) is 19.8. The number of anilines is 2. The summed E-state index contributed by atoms with van der Waals surface area (Å²) < 4.78 is 15.7. The third-order valence-electron chi connectivity index (χ3n) is 4.81. The monoisotopic (exact) mass is 383 g/mol. The molecule has 0 spiro atoms. The molecular weight excluding hydrogens is 361 g/mol. The van der Waals surface area contributed by atoms with Crippen molar-refractivity contribution in [2.45, 2.75) is 32.9 Å². The molecule has 0 aromatic carbocycles. The predicted molar refractivity (Wildman–Crippen MR) is 104 cm³/mol. The molecule has 1 aliphatic rings. The Labute approximate surface area is 161 Å². The van der Waals surface area contributed by atoms with Gasteiger partial charge >= 0.3 is 0 Å². The highest BCUT2D eigenvalue weighted by Crippen LogP contribution is 2.18. The number of carbonyl (C=O) groups is 1. The molecular formula is C19H22FN7O. The number of aryl methyl sites for hydroxylation is 1. The lowest BCUT2D eigenvalue weighted by atomic mass is 10.1. The summed E-state index contributed by atoms with van der Waals surface area (Å²) in [5.74, 6) is -0.304. The van der Waals surface area contributed by atoms with Gasteiger partial charge in [0.05, 0.1) is 16.9 Å². The fourth-order valence-corrected chi connectivity index (χ4v) is 3.34. The zero-order valence-electron chi connectivity index (χ0n) is 16.0. The van der Waals surface area contributed by atoms with Crippen LogP contribution in [0, 0.1) is 12.7 Å². The van der Waals surface area contributed by atoms with Gasteiger partial charge in [-0.1, -0.05) is 0 Å². The standard InChI is InChI=1S/C19H22FN7O/c1-11-9-27(13(3)5-21-11)19-22-6-14(7-23-19)18(28)25-15-4-16(20)17-24-12(2)8-26(17)10-15/h4,6-8,10-11,13,21H,5,9H2,1-3H3,(H,25,28)/t11-,13+/m0/s1. The third-order valence-corrected chi connectivity index (χ3v) is 4.81. The van der Waals surface area contributed by atoms with Crippen molar-refractivity contribution in [3.63, 3.8) is 0 Å². The summed E-state index contributed by atoms with van der Waals surface area (Å²) in [6.07, 6.45) is 6.30. The average molecular weight is 383 g/mol. The van der Waals surface area contributed by atoms with Gasteiger partial charge in [0.2, 0.25) is 5.95 Å². The van der Waals surface area contributed by atoms with Crippen LogP contribution in [-0.2, 0) is 0 Å². The summed E-state index contributed by atoms with van der Waals surface area (Å²) in [4.78, 5) is 27.4. The molecule has 0 unspecified atom stereocenters. The van der Waals surface area contributed by atoms with Gasteiger partial charge in [0.15, 0.2) is 11.5 Å². The molecule has 2 N–H and O–H groups in total. The summed E-state index contributed by atoms with van der Waals surface area (Å²) in [7, 11) is 0. The van der Waals surface area contributed by atoms with Crippen molar-refractivity contribution in [3.8, 4) is 0 Å². The molecule has 0 aliphatic carbocycles. The summed E-state index contributed by atoms with van der Waals surface area (Å²) in [5.41, 5.74) is 1.56. The van der Waals surface area contributed by atoms with Gasteiger partial charge in [-0.05, 0) is 20.8 Å². The Hall–Kier alpha value is -3.07. The van der Waals surface area contributed by atoms with Gasteiger partial charge in [0.25, 0.3) is 5.91 Å². The van der Waals surface area contributed by atoms with E-state index in [1.807, 2.05) is 0 Å². The number of aromatic nitrogens is 4. The molecule has 1 aliphatic heterocycles. The Bertz CT molecular complexity index is 1020. The summed E-state index contributed by atoms with van der Waals surface area (Å²) in [6.45, 7) is 7.65. The highest BCUT2D eigenvalue weighted by Gasteiger charge is 2.24. The van der Waals surface area contributed by atoms with Crippen LogP contribution in [0.25, 0.3) is 5.65 Å². The summed E-state index contributed by atoms with van der Waals surface area (Å²) >= 11 is 0. The van der Waals surface area contributed by atoms with Gasteiger partial charge in [-0.25, -0.2) is 19.3 Å². The molecule has 2 atom stereocenters. The molecule has 3 aromatic heterocycles. The second-order valence-corrected chi connectivity index (χ2v) is 7.23. The van der Waals surface area contributed by atoms with Crippen molar-refractivity contribution in [1.82, 2.24) is 24.7 Å². The van der Waals surface area contributed by atoms with Gasteiger partial charge in [-0.2, -0.15) is 0 Å². The fraction of sp³-hybridized carbons (Fsp3) is 0.368. The number of halogens is 1. The highest BCUT2D eigenvalue weighted by molar-refractivity contribution is 6.03. The lowest BCUT2D eigenvalue weighted by Crippen LogP contribution is -2.55. The largest absolute Gasteiger partial charge is 0.335 e. The Morgan fingerprint density at radius 1 is 1.29 bits per heavy atom. The van der Waals surface area contributed by atoms with Crippen molar-refractivity contribution >= 4 is 23.2 Å². The second-order valence-electron chi connectivity index (χ2n) is 7.23. The van der Waals surface area contributed by atoms with Crippen LogP contribution in [-0.4, -0.2) is 50.4 Å². The van der Waals surface area contributed by atoms with Gasteiger partial charge in [0.1, 0.15) is 0 Å². The van der Waals surface area contributed by atoms with E-state index in [4.69, 9.17) is 0 Å². The molecule has 146 valence electrons. The number of imidazole rings is 1. The molecule has 0 saturated carbocycles. The maximum absolute atomic E-state index is 14.2. The minimum atomic E-state index is -0.501. The molecule has 1 saturated heterocycles. The third kappa shape index (κ3) is 3.53. The van der Waals surface area contributed by atoms with E-state index in [9.17, 15) is 9.18 Å². The first-order chi connectivity index (χ1) is 13.4. The van der Waals surface area contributed by atoms with Gasteiger partial charge in [-0.3, -0.25) is 4.79 Å². The van der Waals surface area contributed by atoms with Crippen molar-refractivity contribution < 1.29 is 9.18 Å². The van der Waals surface area contributed by atoms with E-state index in [0.717, 1.165) is 13.1 Å². The second kappa shape index (κ2) is 7.16. The SMILES string of the molecule is Cc1cn2cc(NC(=O)c3cnc(N4C[C@H](C)NC[C@H]4C)nc3)cc(F)c2n1. The number of rotatable bonds is 3. The molecule has 0 radical (unpaired) electrons. The van der Waals surface area contributed by atoms with E-state index in [1.165, 1.54) is 18.5 Å². The minimum absolute atomic E-state index is 0.225. The quantitative estimate of drug-likeness (QED) is 0.720. The lowest BCUT2D eigenvalue weighted by Gasteiger charge is -2.37. The molecule has 9 heteroatoms. The van der Waals surface area contributed by atoms with Crippen LogP contribution in [0.2, 0.25) is 0 Å². The molecule has 1 amide bonds. The van der Waals surface area contributed by atoms with Crippen LogP contribution in [0.1, 0.15) is 29.9 Å². The number of nitrogens with zero attached hydrogens (tertiary/aromatic N) is 5. The van der Waals surface area contributed by atoms with Crippen LogP contribution in [0.15, 0.2) is 30.9 Å². The predicted octanol–water partition coefficient (Wildman–Crippen LogP) is 2.01. The average Bonchev–Trinajstić information content (AvgIpc) is 3.05. The molecule has 1 fully saturated rings. The number of piperazine rings is 1. The summed E-state index contributed by atoms with van der Waals surface area (Å²) in [6, 6.07) is 1.86. The smallest absolute Gasteiger partial charge is 0.258 e. The molecule has 0 bridgehead atoms. The molecule has 28 heavy (non-hydrogen) atoms. The van der Waals surface area contributed by atoms with Crippen LogP contribution < -0.4 is 15.5 Å². The van der Waals surface area contributed by atoms with E-state index in [1.54, 1.807) is 23.7 Å². The minimum Gasteiger partial charge on any atom is -0.335 e. The first kappa shape index (κ1) is 18.3. The van der Waals surface area contributed by atoms with E-state index in [0.29, 0.717) is 28.9 Å². The van der Waals surface area contributed by atoms with E-state index in [-0.39, 0.29) is 11.7 Å². The van der Waals surface area contributed by atoms with Crippen molar-refractivity contribution in [1.29, 1.82) is 0 Å². The molecule has 8 nitrogen and oxygen atoms in total. The van der Waals surface area contributed by atoms with Gasteiger partial charge < -0.3 is 19.9 Å². The fourth-order valence-electron chi connectivity index (χ4n) is 3.34. The number of fused-ring (bicyclic) bond motifs is 1. The van der Waals surface area contributed by atoms with E-state index >= 15 is 0 Å². The topological polar surface area (TPSA) is 87.5 Å². The number of nitrogens with one attached hydrogen (secondary N) is 2. The number of hydrogen-bond acceptors (Lipinski definition) is 6. The first-order valence-corrected chi connectivity index (χ1v) is 9.19. The number of pyridine rings is 1. The first-order valence-electron chi connectivity index (χ1n) is 9.19. The van der Waals surface area contributed by atoms with Gasteiger partial charge in [0, 0.05) is 56.0 Å². The molecule has 4 rings (SSSR count). The van der Waals surface area contributed by atoms with Crippen LogP contribution in [0.5, 0.6) is 0 Å². The lowest BCUT2D eigenvalue weighted by molar-refractivity contribution is 0.102. The van der Waals surface area contributed by atoms with E-state index < -0.39 is 11.7 Å². The zero-order chi connectivity index (χ0) is 19.8. The van der Waals surface area contributed by atoms with Crippen molar-refractivity contribution in [3.05, 3.63) is 47.9 Å². The maximum Gasteiger partial charge on any atom is 0.258 e. The Morgan fingerprint density at radius 2 is 2.04 bits per heavy atom. The molecule has 4 heterocycles. The summed E-state index contributed by atoms with van der Waals surface area (Å²) in [5, 5.41) is 6.09. The van der Waals surface area contributed by atoms with Gasteiger partial charge in [-0.15, -0.1) is 0 Å². The Balaban J connectivity index is 1.51.